The Morgan fingerprint density at radius 3 is 2.25 bits per heavy atom. The molecule has 0 amide bonds. The summed E-state index contributed by atoms with van der Waals surface area (Å²) in [5.41, 5.74) is 0. The average molecular weight is 198 g/mol. The molecule has 1 unspecified atom stereocenters. The number of hydrogen-bond acceptors (Lipinski definition) is 4. The minimum absolute atomic E-state index is 0.149. The Morgan fingerprint density at radius 1 is 1.42 bits per heavy atom. The van der Waals surface area contributed by atoms with E-state index in [4.69, 9.17) is 14.4 Å². The molecule has 1 N–H and O–H groups in total. The highest BCUT2D eigenvalue weighted by molar-refractivity contribution is 7.51. The largest absolute Gasteiger partial charge is 0.356 e. The third-order valence-electron chi connectivity index (χ3n) is 1.21. The molecule has 0 saturated carbocycles. The van der Waals surface area contributed by atoms with Gasteiger partial charge in [-0.15, -0.1) is 0 Å². The number of ether oxygens (including phenoxy) is 2. The van der Waals surface area contributed by atoms with E-state index in [1.807, 2.05) is 0 Å². The molecule has 0 radical (unpaired) electrons. The smallest absolute Gasteiger partial charge is 0.325 e. The third kappa shape index (κ3) is 6.76. The first kappa shape index (κ1) is 12.1. The molecule has 74 valence electrons. The van der Waals surface area contributed by atoms with Gasteiger partial charge >= 0.3 is 7.60 Å². The lowest BCUT2D eigenvalue weighted by Crippen LogP contribution is -2.15. The van der Waals surface area contributed by atoms with E-state index >= 15 is 0 Å². The maximum Gasteiger partial charge on any atom is 0.325 e. The van der Waals surface area contributed by atoms with Gasteiger partial charge in [0, 0.05) is 27.3 Å². The molecule has 12 heavy (non-hydrogen) atoms. The van der Waals surface area contributed by atoms with E-state index in [9.17, 15) is 4.57 Å². The Morgan fingerprint density at radius 2 is 1.92 bits per heavy atom. The zero-order valence-electron chi connectivity index (χ0n) is 7.52. The van der Waals surface area contributed by atoms with Crippen LogP contribution >= 0.6 is 7.60 Å². The molecule has 0 fully saturated rings. The van der Waals surface area contributed by atoms with E-state index in [0.717, 1.165) is 6.66 Å². The van der Waals surface area contributed by atoms with Gasteiger partial charge in [0.2, 0.25) is 0 Å². The van der Waals surface area contributed by atoms with Gasteiger partial charge in [-0.2, -0.15) is 0 Å². The molecule has 1 atom stereocenters. The van der Waals surface area contributed by atoms with Gasteiger partial charge < -0.3 is 18.9 Å². The lowest BCUT2D eigenvalue weighted by Gasteiger charge is -2.13. The van der Waals surface area contributed by atoms with E-state index in [1.54, 1.807) is 0 Å². The van der Waals surface area contributed by atoms with Crippen LogP contribution in [-0.4, -0.2) is 38.7 Å². The summed E-state index contributed by atoms with van der Waals surface area (Å²) in [6, 6.07) is 0. The van der Waals surface area contributed by atoms with E-state index in [2.05, 4.69) is 4.52 Å². The van der Waals surface area contributed by atoms with Gasteiger partial charge in [-0.3, -0.25) is 4.57 Å². The predicted octanol–water partition coefficient (Wildman–Crippen LogP) is 0.827. The summed E-state index contributed by atoms with van der Waals surface area (Å²) >= 11 is 0. The second-order valence-electron chi connectivity index (χ2n) is 2.33. The van der Waals surface area contributed by atoms with Crippen LogP contribution in [0.1, 0.15) is 6.42 Å². The number of rotatable bonds is 6. The fraction of sp³-hybridized carbons (Fsp3) is 1.00. The fourth-order valence-corrected chi connectivity index (χ4v) is 1.09. The fourth-order valence-electron chi connectivity index (χ4n) is 0.650. The SMILES string of the molecule is COC(CCOP(C)(=O)O)OC. The lowest BCUT2D eigenvalue weighted by molar-refractivity contribution is -0.110. The quantitative estimate of drug-likeness (QED) is 0.505. The molecular weight excluding hydrogens is 183 g/mol. The second kappa shape index (κ2) is 5.67. The topological polar surface area (TPSA) is 65.0 Å². The molecule has 0 aliphatic carbocycles. The normalized spacial score (nSPS) is 16.4. The molecule has 0 aliphatic heterocycles. The molecule has 5 nitrogen and oxygen atoms in total. The van der Waals surface area contributed by atoms with Crippen LogP contribution in [0, 0.1) is 0 Å². The molecule has 0 saturated heterocycles. The van der Waals surface area contributed by atoms with Crippen molar-refractivity contribution in [2.24, 2.45) is 0 Å². The van der Waals surface area contributed by atoms with Crippen molar-refractivity contribution < 1.29 is 23.5 Å². The Balaban J connectivity index is 3.48. The summed E-state index contributed by atoms with van der Waals surface area (Å²) in [5, 5.41) is 0. The Bertz CT molecular complexity index is 150. The molecule has 0 aromatic heterocycles. The molecule has 6 heteroatoms. The monoisotopic (exact) mass is 198 g/mol. The molecule has 0 aromatic rings. The van der Waals surface area contributed by atoms with Crippen LogP contribution < -0.4 is 0 Å². The number of hydrogen-bond donors (Lipinski definition) is 1. The standard InChI is InChI=1S/C6H15O5P/c1-9-6(10-2)4-5-11-12(3,7)8/h6H,4-5H2,1-3H3,(H,7,8). The van der Waals surface area contributed by atoms with Crippen molar-refractivity contribution in [2.75, 3.05) is 27.5 Å². The van der Waals surface area contributed by atoms with Crippen molar-refractivity contribution in [1.29, 1.82) is 0 Å². The molecule has 0 aromatic carbocycles. The predicted molar refractivity (Wildman–Crippen MR) is 44.1 cm³/mol. The minimum Gasteiger partial charge on any atom is -0.356 e. The highest BCUT2D eigenvalue weighted by Crippen LogP contribution is 2.36. The minimum atomic E-state index is -3.35. The van der Waals surface area contributed by atoms with Gasteiger partial charge in [0.1, 0.15) is 0 Å². The van der Waals surface area contributed by atoms with Crippen LogP contribution in [0.5, 0.6) is 0 Å². The first-order valence-corrected chi connectivity index (χ1v) is 5.52. The van der Waals surface area contributed by atoms with Crippen LogP contribution in [0.4, 0.5) is 0 Å². The molecular formula is C6H15O5P. The highest BCUT2D eigenvalue weighted by Gasteiger charge is 2.11. The average Bonchev–Trinajstić information content (AvgIpc) is 1.96. The zero-order chi connectivity index (χ0) is 9.61. The summed E-state index contributed by atoms with van der Waals surface area (Å²) in [6.07, 6.45) is 0.0577. The zero-order valence-corrected chi connectivity index (χ0v) is 8.41. The molecule has 0 rings (SSSR count). The lowest BCUT2D eigenvalue weighted by atomic mass is 10.4. The van der Waals surface area contributed by atoms with Crippen molar-refractivity contribution >= 4 is 7.60 Å². The summed E-state index contributed by atoms with van der Waals surface area (Å²) in [4.78, 5) is 8.73. The van der Waals surface area contributed by atoms with Gasteiger partial charge in [-0.05, 0) is 0 Å². The van der Waals surface area contributed by atoms with Crippen molar-refractivity contribution in [2.45, 2.75) is 12.7 Å². The van der Waals surface area contributed by atoms with E-state index in [0.29, 0.717) is 6.42 Å². The maximum absolute atomic E-state index is 10.6. The Kier molecular flexibility index (Phi) is 5.70. The second-order valence-corrected chi connectivity index (χ2v) is 4.19. The summed E-state index contributed by atoms with van der Waals surface area (Å²) in [7, 11) is -0.357. The van der Waals surface area contributed by atoms with Crippen LogP contribution in [0.15, 0.2) is 0 Å². The van der Waals surface area contributed by atoms with Crippen LogP contribution in [0.2, 0.25) is 0 Å². The maximum atomic E-state index is 10.6. The van der Waals surface area contributed by atoms with Crippen molar-refractivity contribution in [3.63, 3.8) is 0 Å². The molecule has 0 heterocycles. The summed E-state index contributed by atoms with van der Waals surface area (Å²) in [5.74, 6) is 0. The van der Waals surface area contributed by atoms with Crippen LogP contribution in [0.3, 0.4) is 0 Å². The van der Waals surface area contributed by atoms with E-state index < -0.39 is 7.60 Å². The van der Waals surface area contributed by atoms with E-state index in [1.165, 1.54) is 14.2 Å². The first-order chi connectivity index (χ1) is 5.49. The first-order valence-electron chi connectivity index (χ1n) is 3.50. The Labute approximate surface area is 72.2 Å². The van der Waals surface area contributed by atoms with Crippen molar-refractivity contribution in [1.82, 2.24) is 0 Å². The van der Waals surface area contributed by atoms with Gasteiger partial charge in [0.25, 0.3) is 0 Å². The van der Waals surface area contributed by atoms with Gasteiger partial charge in [-0.1, -0.05) is 0 Å². The van der Waals surface area contributed by atoms with Crippen molar-refractivity contribution in [3.05, 3.63) is 0 Å². The molecule has 0 aliphatic rings. The third-order valence-corrected chi connectivity index (χ3v) is 1.87. The molecule has 0 spiro atoms. The number of methoxy groups -OCH3 is 2. The van der Waals surface area contributed by atoms with Gasteiger partial charge in [0.15, 0.2) is 6.29 Å². The van der Waals surface area contributed by atoms with Crippen LogP contribution in [0.25, 0.3) is 0 Å². The van der Waals surface area contributed by atoms with Gasteiger partial charge in [0.05, 0.1) is 6.61 Å². The highest BCUT2D eigenvalue weighted by atomic mass is 31.2. The molecule has 0 bridgehead atoms. The summed E-state index contributed by atoms with van der Waals surface area (Å²) < 4.78 is 24.9. The van der Waals surface area contributed by atoms with Gasteiger partial charge in [-0.25, -0.2) is 0 Å². The van der Waals surface area contributed by atoms with Crippen molar-refractivity contribution in [3.8, 4) is 0 Å². The van der Waals surface area contributed by atoms with Crippen LogP contribution in [-0.2, 0) is 18.6 Å². The van der Waals surface area contributed by atoms with E-state index in [-0.39, 0.29) is 12.9 Å². The Hall–Kier alpha value is 0.0700. The summed E-state index contributed by atoms with van der Waals surface area (Å²) in [6.45, 7) is 1.29.